The van der Waals surface area contributed by atoms with Crippen molar-refractivity contribution in [3.63, 3.8) is 0 Å². The Morgan fingerprint density at radius 2 is 2.00 bits per heavy atom. The van der Waals surface area contributed by atoms with Gasteiger partial charge in [-0.05, 0) is 43.2 Å². The van der Waals surface area contributed by atoms with Crippen LogP contribution in [0, 0.1) is 0 Å². The quantitative estimate of drug-likeness (QED) is 0.903. The van der Waals surface area contributed by atoms with Crippen molar-refractivity contribution in [3.8, 4) is 0 Å². The molecule has 2 aromatic carbocycles. The summed E-state index contributed by atoms with van der Waals surface area (Å²) in [6.07, 6.45) is 0.968. The van der Waals surface area contributed by atoms with Gasteiger partial charge in [0.2, 0.25) is 5.91 Å². The second-order valence-electron chi connectivity index (χ2n) is 5.49. The van der Waals surface area contributed by atoms with E-state index in [-0.39, 0.29) is 5.91 Å². The van der Waals surface area contributed by atoms with Crippen LogP contribution in [-0.4, -0.2) is 18.5 Å². The summed E-state index contributed by atoms with van der Waals surface area (Å²) in [5, 5.41) is 3.77. The first-order chi connectivity index (χ1) is 10.5. The lowest BCUT2D eigenvalue weighted by molar-refractivity contribution is -0.115. The SMILES string of the molecule is CC1Cc2ccccc2N1CC(=O)Nc1ccc(Cl)c(Cl)c1. The fourth-order valence-corrected chi connectivity index (χ4v) is 3.10. The second-order valence-corrected chi connectivity index (χ2v) is 6.30. The van der Waals surface area contributed by atoms with Crippen LogP contribution in [0.5, 0.6) is 0 Å². The van der Waals surface area contributed by atoms with Crippen molar-refractivity contribution in [2.75, 3.05) is 16.8 Å². The summed E-state index contributed by atoms with van der Waals surface area (Å²) in [6.45, 7) is 2.45. The van der Waals surface area contributed by atoms with E-state index in [1.807, 2.05) is 12.1 Å². The number of carbonyl (C=O) groups excluding carboxylic acids is 1. The zero-order chi connectivity index (χ0) is 15.7. The maximum atomic E-state index is 12.3. The Morgan fingerprint density at radius 3 is 2.77 bits per heavy atom. The van der Waals surface area contributed by atoms with Gasteiger partial charge in [-0.2, -0.15) is 0 Å². The van der Waals surface area contributed by atoms with Crippen molar-refractivity contribution in [2.45, 2.75) is 19.4 Å². The lowest BCUT2D eigenvalue weighted by atomic mass is 10.1. The van der Waals surface area contributed by atoms with Gasteiger partial charge < -0.3 is 10.2 Å². The Balaban J connectivity index is 1.70. The summed E-state index contributed by atoms with van der Waals surface area (Å²) in [6, 6.07) is 13.6. The first-order valence-corrected chi connectivity index (χ1v) is 7.89. The van der Waals surface area contributed by atoms with Crippen molar-refractivity contribution in [1.82, 2.24) is 0 Å². The molecule has 0 radical (unpaired) electrons. The smallest absolute Gasteiger partial charge is 0.243 e. The highest BCUT2D eigenvalue weighted by Crippen LogP contribution is 2.31. The molecule has 1 amide bonds. The van der Waals surface area contributed by atoms with Crippen molar-refractivity contribution in [2.24, 2.45) is 0 Å². The van der Waals surface area contributed by atoms with E-state index >= 15 is 0 Å². The zero-order valence-electron chi connectivity index (χ0n) is 12.1. The molecule has 0 fully saturated rings. The molecule has 1 aliphatic rings. The molecule has 0 spiro atoms. The third-order valence-corrected chi connectivity index (χ3v) is 4.60. The Labute approximate surface area is 139 Å². The van der Waals surface area contributed by atoms with E-state index in [9.17, 15) is 4.79 Å². The normalized spacial score (nSPS) is 16.5. The topological polar surface area (TPSA) is 32.3 Å². The van der Waals surface area contributed by atoms with Crippen LogP contribution >= 0.6 is 23.2 Å². The van der Waals surface area contributed by atoms with Crippen molar-refractivity contribution in [3.05, 3.63) is 58.1 Å². The van der Waals surface area contributed by atoms with Gasteiger partial charge in [-0.3, -0.25) is 4.79 Å². The lowest BCUT2D eigenvalue weighted by Crippen LogP contribution is -2.37. The molecule has 1 N–H and O–H groups in total. The molecule has 0 bridgehead atoms. The number of halogens is 2. The van der Waals surface area contributed by atoms with E-state index in [0.717, 1.165) is 12.1 Å². The number of amides is 1. The van der Waals surface area contributed by atoms with Gasteiger partial charge in [-0.1, -0.05) is 41.4 Å². The van der Waals surface area contributed by atoms with Crippen LogP contribution in [0.4, 0.5) is 11.4 Å². The average molecular weight is 335 g/mol. The number of carbonyl (C=O) groups is 1. The number of rotatable bonds is 3. The molecule has 1 atom stereocenters. The number of hydrogen-bond donors (Lipinski definition) is 1. The molecule has 0 aliphatic carbocycles. The van der Waals surface area contributed by atoms with Gasteiger partial charge in [0.15, 0.2) is 0 Å². The van der Waals surface area contributed by atoms with Crippen LogP contribution in [0.3, 0.4) is 0 Å². The van der Waals surface area contributed by atoms with Crippen LogP contribution in [0.15, 0.2) is 42.5 Å². The minimum atomic E-state index is -0.0676. The van der Waals surface area contributed by atoms with Crippen LogP contribution in [0.2, 0.25) is 10.0 Å². The number of nitrogens with one attached hydrogen (secondary N) is 1. The minimum absolute atomic E-state index is 0.0676. The zero-order valence-corrected chi connectivity index (χ0v) is 13.7. The number of fused-ring (bicyclic) bond motifs is 1. The highest BCUT2D eigenvalue weighted by molar-refractivity contribution is 6.42. The number of para-hydroxylation sites is 1. The molecule has 5 heteroatoms. The van der Waals surface area contributed by atoms with Gasteiger partial charge in [0.1, 0.15) is 0 Å². The number of anilines is 2. The third-order valence-electron chi connectivity index (χ3n) is 3.87. The van der Waals surface area contributed by atoms with Crippen LogP contribution < -0.4 is 10.2 Å². The number of nitrogens with zero attached hydrogens (tertiary/aromatic N) is 1. The minimum Gasteiger partial charge on any atom is -0.359 e. The largest absolute Gasteiger partial charge is 0.359 e. The highest BCUT2D eigenvalue weighted by atomic mass is 35.5. The molecule has 1 aliphatic heterocycles. The van der Waals surface area contributed by atoms with E-state index < -0.39 is 0 Å². The number of benzene rings is 2. The molecule has 0 aromatic heterocycles. The Hall–Kier alpha value is -1.71. The summed E-state index contributed by atoms with van der Waals surface area (Å²) in [5.74, 6) is -0.0676. The van der Waals surface area contributed by atoms with E-state index in [0.29, 0.717) is 28.3 Å². The van der Waals surface area contributed by atoms with Crippen molar-refractivity contribution < 1.29 is 4.79 Å². The predicted molar refractivity (Wildman–Crippen MR) is 92.0 cm³/mol. The van der Waals surface area contributed by atoms with E-state index in [4.69, 9.17) is 23.2 Å². The van der Waals surface area contributed by atoms with Crippen molar-refractivity contribution >= 4 is 40.5 Å². The Bertz CT molecular complexity index is 718. The molecule has 3 rings (SSSR count). The van der Waals surface area contributed by atoms with Gasteiger partial charge in [0.05, 0.1) is 16.6 Å². The molecule has 0 saturated heterocycles. The maximum absolute atomic E-state index is 12.3. The molecule has 3 nitrogen and oxygen atoms in total. The summed E-state index contributed by atoms with van der Waals surface area (Å²) in [7, 11) is 0. The molecule has 0 saturated carbocycles. The maximum Gasteiger partial charge on any atom is 0.243 e. The van der Waals surface area contributed by atoms with Gasteiger partial charge in [0.25, 0.3) is 0 Å². The van der Waals surface area contributed by atoms with Gasteiger partial charge in [-0.15, -0.1) is 0 Å². The summed E-state index contributed by atoms with van der Waals surface area (Å²) in [4.78, 5) is 14.4. The fourth-order valence-electron chi connectivity index (χ4n) is 2.80. The third kappa shape index (κ3) is 3.06. The molecule has 114 valence electrons. The highest BCUT2D eigenvalue weighted by Gasteiger charge is 2.26. The summed E-state index contributed by atoms with van der Waals surface area (Å²) >= 11 is 11.8. The van der Waals surface area contributed by atoms with E-state index in [2.05, 4.69) is 29.3 Å². The summed E-state index contributed by atoms with van der Waals surface area (Å²) in [5.41, 5.74) is 3.08. The Morgan fingerprint density at radius 1 is 1.23 bits per heavy atom. The molecular weight excluding hydrogens is 319 g/mol. The Kier molecular flexibility index (Phi) is 4.27. The van der Waals surface area contributed by atoms with Gasteiger partial charge in [0, 0.05) is 17.4 Å². The monoisotopic (exact) mass is 334 g/mol. The van der Waals surface area contributed by atoms with Gasteiger partial charge in [-0.25, -0.2) is 0 Å². The number of hydrogen-bond acceptors (Lipinski definition) is 2. The van der Waals surface area contributed by atoms with Gasteiger partial charge >= 0.3 is 0 Å². The van der Waals surface area contributed by atoms with Crippen LogP contribution in [0.25, 0.3) is 0 Å². The molecule has 1 heterocycles. The van der Waals surface area contributed by atoms with Crippen LogP contribution in [-0.2, 0) is 11.2 Å². The van der Waals surface area contributed by atoms with E-state index in [1.165, 1.54) is 5.56 Å². The van der Waals surface area contributed by atoms with E-state index in [1.54, 1.807) is 18.2 Å². The second kappa shape index (κ2) is 6.19. The van der Waals surface area contributed by atoms with Crippen molar-refractivity contribution in [1.29, 1.82) is 0 Å². The molecule has 2 aromatic rings. The average Bonchev–Trinajstić information content (AvgIpc) is 2.79. The molecular formula is C17H16Cl2N2O. The first kappa shape index (κ1) is 15.2. The molecule has 1 unspecified atom stereocenters. The molecule has 22 heavy (non-hydrogen) atoms. The predicted octanol–water partition coefficient (Wildman–Crippen LogP) is 4.38. The van der Waals surface area contributed by atoms with Crippen LogP contribution in [0.1, 0.15) is 12.5 Å². The lowest BCUT2D eigenvalue weighted by Gasteiger charge is -2.24. The fraction of sp³-hybridized carbons (Fsp3) is 0.235. The summed E-state index contributed by atoms with van der Waals surface area (Å²) < 4.78 is 0. The standard InChI is InChI=1S/C17H16Cl2N2O/c1-11-8-12-4-2-3-5-16(12)21(11)10-17(22)20-13-6-7-14(18)15(19)9-13/h2-7,9,11H,8,10H2,1H3,(H,20,22). The first-order valence-electron chi connectivity index (χ1n) is 7.14.